The van der Waals surface area contributed by atoms with Crippen LogP contribution in [0, 0.1) is 11.8 Å². The van der Waals surface area contributed by atoms with Crippen LogP contribution in [0.4, 0.5) is 5.69 Å². The molecule has 8 heteroatoms. The number of ether oxygens (including phenoxy) is 1. The van der Waals surface area contributed by atoms with E-state index in [-0.39, 0.29) is 37.4 Å². The van der Waals surface area contributed by atoms with Crippen LogP contribution in [0.5, 0.6) is 0 Å². The van der Waals surface area contributed by atoms with Crippen LogP contribution >= 0.6 is 0 Å². The van der Waals surface area contributed by atoms with E-state index >= 15 is 0 Å². The van der Waals surface area contributed by atoms with E-state index in [1.807, 2.05) is 79.7 Å². The number of carbonyl (C=O) groups is 3. The Bertz CT molecular complexity index is 1620. The third kappa shape index (κ3) is 4.96. The number of aliphatic hydroxyl groups is 1. The smallest absolute Gasteiger partial charge is 0.253 e. The highest BCUT2D eigenvalue weighted by atomic mass is 16.5. The Balaban J connectivity index is 1.41. The van der Waals surface area contributed by atoms with E-state index < -0.39 is 29.1 Å². The van der Waals surface area contributed by atoms with Gasteiger partial charge in [-0.3, -0.25) is 14.4 Å². The Labute approximate surface area is 264 Å². The first-order chi connectivity index (χ1) is 21.8. The molecule has 3 aromatic rings. The molecule has 2 bridgehead atoms. The first kappa shape index (κ1) is 30.7. The fourth-order valence-corrected chi connectivity index (χ4v) is 8.05. The monoisotopic (exact) mass is 607 g/mol. The van der Waals surface area contributed by atoms with Crippen molar-refractivity contribution in [1.29, 1.82) is 0 Å². The maximum absolute atomic E-state index is 14.8. The molecule has 3 amide bonds. The summed E-state index contributed by atoms with van der Waals surface area (Å²) in [5, 5.41) is 12.1. The van der Waals surface area contributed by atoms with Crippen LogP contribution in [0.3, 0.4) is 0 Å². The SMILES string of the molecule is C=CCN(Cc1ccccc1)C(=O)[C@@H]1[C@H]2C(=O)N(CCO)C(C(=O)N(CC=C)c3ccc4ccccc4c3)C23CC[C@@]1(CC)O3. The second-order valence-electron chi connectivity index (χ2n) is 12.4. The zero-order chi connectivity index (χ0) is 31.8. The fraction of sp³-hybridized carbons (Fsp3) is 0.378. The Morgan fingerprint density at radius 3 is 2.38 bits per heavy atom. The van der Waals surface area contributed by atoms with E-state index in [1.165, 1.54) is 4.90 Å². The third-order valence-electron chi connectivity index (χ3n) is 10.0. The molecular weight excluding hydrogens is 566 g/mol. The molecule has 3 heterocycles. The van der Waals surface area contributed by atoms with Crippen molar-refractivity contribution >= 4 is 34.2 Å². The minimum Gasteiger partial charge on any atom is -0.395 e. The van der Waals surface area contributed by atoms with Crippen LogP contribution in [0.1, 0.15) is 31.7 Å². The normalized spacial score (nSPS) is 26.6. The molecule has 3 aliphatic heterocycles. The molecule has 0 radical (unpaired) electrons. The minimum absolute atomic E-state index is 0.0308. The van der Waals surface area contributed by atoms with Gasteiger partial charge in [0, 0.05) is 31.9 Å². The first-order valence-electron chi connectivity index (χ1n) is 15.8. The Kier molecular flexibility index (Phi) is 8.37. The Morgan fingerprint density at radius 2 is 1.69 bits per heavy atom. The number of likely N-dealkylation sites (tertiary alicyclic amines) is 1. The zero-order valence-electron chi connectivity index (χ0n) is 25.8. The molecule has 1 N–H and O–H groups in total. The van der Waals surface area contributed by atoms with Gasteiger partial charge in [-0.1, -0.05) is 79.7 Å². The van der Waals surface area contributed by atoms with Gasteiger partial charge in [-0.2, -0.15) is 0 Å². The number of aliphatic hydroxyl groups excluding tert-OH is 1. The third-order valence-corrected chi connectivity index (χ3v) is 10.0. The van der Waals surface area contributed by atoms with Crippen molar-refractivity contribution < 1.29 is 24.2 Å². The predicted octanol–water partition coefficient (Wildman–Crippen LogP) is 4.72. The lowest BCUT2D eigenvalue weighted by Gasteiger charge is -2.37. The number of carbonyl (C=O) groups excluding carboxylic acids is 3. The van der Waals surface area contributed by atoms with Crippen molar-refractivity contribution in [2.24, 2.45) is 11.8 Å². The molecule has 234 valence electrons. The summed E-state index contributed by atoms with van der Waals surface area (Å²) >= 11 is 0. The van der Waals surface area contributed by atoms with Crippen molar-refractivity contribution in [2.45, 2.75) is 50.0 Å². The summed E-state index contributed by atoms with van der Waals surface area (Å²) in [6.45, 7) is 10.3. The molecule has 3 saturated heterocycles. The van der Waals surface area contributed by atoms with Crippen LogP contribution in [0.15, 0.2) is 98.1 Å². The highest BCUT2D eigenvalue weighted by Crippen LogP contribution is 2.64. The molecule has 8 nitrogen and oxygen atoms in total. The molecule has 0 aromatic heterocycles. The molecular formula is C37H41N3O5. The lowest BCUT2D eigenvalue weighted by Crippen LogP contribution is -2.57. The van der Waals surface area contributed by atoms with Gasteiger partial charge in [-0.25, -0.2) is 0 Å². The van der Waals surface area contributed by atoms with Crippen LogP contribution in [0.25, 0.3) is 10.8 Å². The number of β-amino-alcohol motifs (C(OH)–C–C–N with tert-alkyl or cyclic N) is 1. The molecule has 2 unspecified atom stereocenters. The van der Waals surface area contributed by atoms with E-state index in [0.717, 1.165) is 16.3 Å². The number of benzene rings is 3. The molecule has 3 aromatic carbocycles. The van der Waals surface area contributed by atoms with Gasteiger partial charge >= 0.3 is 0 Å². The summed E-state index contributed by atoms with van der Waals surface area (Å²) < 4.78 is 6.96. The molecule has 3 aliphatic rings. The van der Waals surface area contributed by atoms with E-state index in [2.05, 4.69) is 13.2 Å². The van der Waals surface area contributed by atoms with Gasteiger partial charge < -0.3 is 24.5 Å². The lowest BCUT2D eigenvalue weighted by molar-refractivity contribution is -0.151. The van der Waals surface area contributed by atoms with E-state index in [4.69, 9.17) is 4.74 Å². The van der Waals surface area contributed by atoms with Gasteiger partial charge in [0.25, 0.3) is 5.91 Å². The molecule has 45 heavy (non-hydrogen) atoms. The van der Waals surface area contributed by atoms with Gasteiger partial charge in [0.05, 0.1) is 24.0 Å². The molecule has 6 rings (SSSR count). The zero-order valence-corrected chi connectivity index (χ0v) is 25.8. The van der Waals surface area contributed by atoms with Gasteiger partial charge in [-0.05, 0) is 47.7 Å². The summed E-state index contributed by atoms with van der Waals surface area (Å²) in [6.07, 6.45) is 4.92. The van der Waals surface area contributed by atoms with Crippen molar-refractivity contribution in [3.05, 3.63) is 104 Å². The number of amides is 3. The molecule has 0 aliphatic carbocycles. The van der Waals surface area contributed by atoms with Crippen molar-refractivity contribution in [2.75, 3.05) is 31.1 Å². The number of fused-ring (bicyclic) bond motifs is 2. The molecule has 1 spiro atoms. The Hall–Kier alpha value is -4.27. The average Bonchev–Trinajstić information content (AvgIpc) is 3.67. The van der Waals surface area contributed by atoms with E-state index in [1.54, 1.807) is 22.0 Å². The molecule has 0 saturated carbocycles. The summed E-state index contributed by atoms with van der Waals surface area (Å²) in [7, 11) is 0. The summed E-state index contributed by atoms with van der Waals surface area (Å²) in [6, 6.07) is 22.5. The number of nitrogens with zero attached hydrogens (tertiary/aromatic N) is 3. The largest absolute Gasteiger partial charge is 0.395 e. The van der Waals surface area contributed by atoms with Crippen LogP contribution < -0.4 is 4.90 Å². The predicted molar refractivity (Wildman–Crippen MR) is 174 cm³/mol. The lowest BCUT2D eigenvalue weighted by atomic mass is 9.64. The van der Waals surface area contributed by atoms with Gasteiger partial charge in [0.1, 0.15) is 11.6 Å². The highest BCUT2D eigenvalue weighted by Gasteiger charge is 2.79. The van der Waals surface area contributed by atoms with E-state index in [9.17, 15) is 19.5 Å². The second-order valence-corrected chi connectivity index (χ2v) is 12.4. The minimum atomic E-state index is -1.19. The van der Waals surface area contributed by atoms with Crippen molar-refractivity contribution in [3.8, 4) is 0 Å². The fourth-order valence-electron chi connectivity index (χ4n) is 8.05. The first-order valence-corrected chi connectivity index (χ1v) is 15.8. The summed E-state index contributed by atoms with van der Waals surface area (Å²) in [5.41, 5.74) is -0.410. The van der Waals surface area contributed by atoms with Crippen LogP contribution in [-0.4, -0.2) is 76.1 Å². The van der Waals surface area contributed by atoms with Gasteiger partial charge in [0.2, 0.25) is 11.8 Å². The Morgan fingerprint density at radius 1 is 0.978 bits per heavy atom. The van der Waals surface area contributed by atoms with Crippen LogP contribution in [-0.2, 0) is 25.7 Å². The number of hydrogen-bond acceptors (Lipinski definition) is 5. The maximum atomic E-state index is 14.8. The molecule has 3 fully saturated rings. The second kappa shape index (κ2) is 12.3. The standard InChI is InChI=1S/C37H41N3O5/c1-4-20-38(25-26-12-8-7-9-13-26)33(42)30-31-34(43)40(22-23-41)32(37(31)19-18-36(30,6-3)45-37)35(44)39(21-5-2)29-17-16-27-14-10-11-15-28(27)24-29/h4-5,7-17,24,30-32,41H,1-2,6,18-23,25H2,3H3/t30-,31-,32?,36+,37?/m0/s1. The highest BCUT2D eigenvalue weighted by molar-refractivity contribution is 6.06. The van der Waals surface area contributed by atoms with Crippen LogP contribution in [0.2, 0.25) is 0 Å². The summed E-state index contributed by atoms with van der Waals surface area (Å²) in [5.74, 6) is -2.40. The topological polar surface area (TPSA) is 90.4 Å². The average molecular weight is 608 g/mol. The number of hydrogen-bond donors (Lipinski definition) is 1. The maximum Gasteiger partial charge on any atom is 0.253 e. The quantitative estimate of drug-likeness (QED) is 0.301. The number of anilines is 1. The van der Waals surface area contributed by atoms with Crippen molar-refractivity contribution in [1.82, 2.24) is 9.80 Å². The number of rotatable bonds is 12. The van der Waals surface area contributed by atoms with Gasteiger partial charge in [0.15, 0.2) is 0 Å². The van der Waals surface area contributed by atoms with Gasteiger partial charge in [-0.15, -0.1) is 13.2 Å². The molecule has 5 atom stereocenters. The van der Waals surface area contributed by atoms with E-state index in [0.29, 0.717) is 38.0 Å². The summed E-state index contributed by atoms with van der Waals surface area (Å²) in [4.78, 5) is 48.6. The van der Waals surface area contributed by atoms with Crippen molar-refractivity contribution in [3.63, 3.8) is 0 Å².